The molecule has 1 fully saturated rings. The van der Waals surface area contributed by atoms with Crippen molar-refractivity contribution in [1.29, 1.82) is 0 Å². The third-order valence-corrected chi connectivity index (χ3v) is 5.13. The van der Waals surface area contributed by atoms with Gasteiger partial charge in [0.1, 0.15) is 17.2 Å². The van der Waals surface area contributed by atoms with Gasteiger partial charge in [0.2, 0.25) is 0 Å². The van der Waals surface area contributed by atoms with Gasteiger partial charge in [-0.2, -0.15) is 0 Å². The summed E-state index contributed by atoms with van der Waals surface area (Å²) >= 11 is 0. The molecule has 2 aromatic carbocycles. The van der Waals surface area contributed by atoms with Crippen molar-refractivity contribution in [3.63, 3.8) is 0 Å². The van der Waals surface area contributed by atoms with E-state index >= 15 is 0 Å². The van der Waals surface area contributed by atoms with Gasteiger partial charge in [0, 0.05) is 37.6 Å². The number of carbonyl (C=O) groups is 1. The number of amides is 1. The molecule has 1 amide bonds. The Bertz CT molecular complexity index is 1090. The van der Waals surface area contributed by atoms with E-state index in [4.69, 9.17) is 4.74 Å². The maximum atomic E-state index is 11.5. The number of benzene rings is 2. The van der Waals surface area contributed by atoms with Crippen molar-refractivity contribution in [3.8, 4) is 0 Å². The van der Waals surface area contributed by atoms with Crippen LogP contribution < -0.4 is 0 Å². The molecule has 5 heteroatoms. The van der Waals surface area contributed by atoms with Crippen molar-refractivity contribution in [2.75, 3.05) is 6.54 Å². The van der Waals surface area contributed by atoms with Gasteiger partial charge in [-0.05, 0) is 50.3 Å². The summed E-state index contributed by atoms with van der Waals surface area (Å²) in [6, 6.07) is 21.4. The minimum Gasteiger partial charge on any atom is -0.443 e. The van der Waals surface area contributed by atoms with Gasteiger partial charge in [0.25, 0.3) is 0 Å². The van der Waals surface area contributed by atoms with E-state index in [0.29, 0.717) is 18.7 Å². The molecule has 3 aromatic rings. The molecule has 5 nitrogen and oxygen atoms in total. The Morgan fingerprint density at radius 2 is 1.74 bits per heavy atom. The average molecular weight is 419 g/mol. The van der Waals surface area contributed by atoms with E-state index in [1.807, 2.05) is 0 Å². The second-order valence-corrected chi connectivity index (χ2v) is 8.70. The predicted octanol–water partition coefficient (Wildman–Crippen LogP) is 5.50. The largest absolute Gasteiger partial charge is 0.443 e. The van der Waals surface area contributed by atoms with Gasteiger partial charge in [-0.3, -0.25) is 4.90 Å². The molecule has 0 bridgehead atoms. The van der Waals surface area contributed by atoms with Gasteiger partial charge in [-0.1, -0.05) is 48.5 Å². The quantitative estimate of drug-likeness (QED) is 0.516. The van der Waals surface area contributed by atoms with E-state index in [1.165, 1.54) is 27.1 Å². The highest BCUT2D eigenvalue weighted by Gasteiger charge is 2.28. The summed E-state index contributed by atoms with van der Waals surface area (Å²) in [5, 5.41) is 1.32. The number of para-hydroxylation sites is 1. The molecule has 1 aromatic heterocycles. The lowest BCUT2D eigenvalue weighted by Crippen LogP contribution is -2.34. The Balaban J connectivity index is 0.000000180. The highest BCUT2D eigenvalue weighted by atomic mass is 16.6. The molecule has 2 heterocycles. The molecule has 0 aliphatic carbocycles. The number of fused-ring (bicyclic) bond motifs is 1. The van der Waals surface area contributed by atoms with Crippen molar-refractivity contribution >= 4 is 22.9 Å². The van der Waals surface area contributed by atoms with Crippen LogP contribution in [0.3, 0.4) is 0 Å². The standard InChI is InChI=1S/C16H15N.C10H15NO3/c1-17-15(11-13-7-3-2-4-8-13)12-14-9-5-6-10-16(14)17;1-10(2,3)14-9(13)11-6-4-5-8(11)7-12/h2-10,12H,11H2,1H3;4-6H2,1-3H3. The molecule has 1 aliphatic heterocycles. The maximum Gasteiger partial charge on any atom is 0.415 e. The fraction of sp³-hybridized carbons (Fsp3) is 0.346. The normalized spacial score (nSPS) is 13.5. The van der Waals surface area contributed by atoms with E-state index in [2.05, 4.69) is 72.3 Å². The summed E-state index contributed by atoms with van der Waals surface area (Å²) < 4.78 is 7.42. The molecule has 0 spiro atoms. The molecular weight excluding hydrogens is 388 g/mol. The second kappa shape index (κ2) is 9.67. The lowest BCUT2D eigenvalue weighted by atomic mass is 10.1. The van der Waals surface area contributed by atoms with Gasteiger partial charge in [-0.15, -0.1) is 0 Å². The lowest BCUT2D eigenvalue weighted by Gasteiger charge is -2.23. The molecule has 31 heavy (non-hydrogen) atoms. The molecule has 1 aliphatic rings. The summed E-state index contributed by atoms with van der Waals surface area (Å²) in [6.45, 7) is 5.95. The zero-order chi connectivity index (χ0) is 22.4. The highest BCUT2D eigenvalue weighted by Crippen LogP contribution is 2.22. The fourth-order valence-corrected chi connectivity index (χ4v) is 3.62. The SMILES string of the molecule is CC(C)(C)OC(=O)N1CCCC1=C=O.Cn1c(Cc2ccccc2)cc2ccccc21. The van der Waals surface area contributed by atoms with Crippen LogP contribution in [-0.4, -0.2) is 33.6 Å². The molecule has 0 unspecified atom stereocenters. The zero-order valence-electron chi connectivity index (χ0n) is 18.7. The van der Waals surface area contributed by atoms with Crippen LogP contribution in [0.4, 0.5) is 4.79 Å². The maximum absolute atomic E-state index is 11.5. The van der Waals surface area contributed by atoms with Crippen molar-refractivity contribution in [1.82, 2.24) is 9.47 Å². The third kappa shape index (κ3) is 5.87. The van der Waals surface area contributed by atoms with Crippen molar-refractivity contribution in [2.45, 2.75) is 45.6 Å². The van der Waals surface area contributed by atoms with Crippen molar-refractivity contribution in [3.05, 3.63) is 77.6 Å². The Morgan fingerprint density at radius 3 is 2.39 bits per heavy atom. The third-order valence-electron chi connectivity index (χ3n) is 5.13. The first-order chi connectivity index (χ1) is 14.8. The number of rotatable bonds is 2. The first-order valence-corrected chi connectivity index (χ1v) is 10.6. The number of nitrogens with zero attached hydrogens (tertiary/aromatic N) is 2. The monoisotopic (exact) mass is 418 g/mol. The van der Waals surface area contributed by atoms with Gasteiger partial charge in [-0.25, -0.2) is 9.59 Å². The molecule has 0 atom stereocenters. The number of aromatic nitrogens is 1. The first kappa shape index (κ1) is 22.4. The molecule has 1 saturated heterocycles. The lowest BCUT2D eigenvalue weighted by molar-refractivity contribution is 0.0340. The second-order valence-electron chi connectivity index (χ2n) is 8.70. The molecule has 0 saturated carbocycles. The molecule has 4 rings (SSSR count). The summed E-state index contributed by atoms with van der Waals surface area (Å²) in [4.78, 5) is 23.4. The summed E-state index contributed by atoms with van der Waals surface area (Å²) in [7, 11) is 2.14. The Hall–Kier alpha value is -3.30. The van der Waals surface area contributed by atoms with Crippen LogP contribution in [0.15, 0.2) is 66.4 Å². The Labute approximate surface area is 183 Å². The van der Waals surface area contributed by atoms with Gasteiger partial charge in [0.15, 0.2) is 0 Å². The van der Waals surface area contributed by atoms with E-state index in [-0.39, 0.29) is 0 Å². The fourth-order valence-electron chi connectivity index (χ4n) is 3.62. The van der Waals surface area contributed by atoms with Crippen LogP contribution in [0.1, 0.15) is 44.9 Å². The number of carbonyl (C=O) groups excluding carboxylic acids is 2. The predicted molar refractivity (Wildman–Crippen MR) is 124 cm³/mol. The number of ether oxygens (including phenoxy) is 1. The zero-order valence-corrected chi connectivity index (χ0v) is 18.7. The Morgan fingerprint density at radius 1 is 1.06 bits per heavy atom. The molecule has 0 radical (unpaired) electrons. The summed E-state index contributed by atoms with van der Waals surface area (Å²) in [6.07, 6.45) is 1.96. The van der Waals surface area contributed by atoms with Crippen molar-refractivity contribution in [2.24, 2.45) is 7.05 Å². The van der Waals surface area contributed by atoms with Crippen molar-refractivity contribution < 1.29 is 14.3 Å². The van der Waals surface area contributed by atoms with Crippen LogP contribution >= 0.6 is 0 Å². The van der Waals surface area contributed by atoms with Crippen LogP contribution in [-0.2, 0) is 23.0 Å². The number of allylic oxidation sites excluding steroid dienone is 1. The Kier molecular flexibility index (Phi) is 6.98. The minimum absolute atomic E-state index is 0.402. The summed E-state index contributed by atoms with van der Waals surface area (Å²) in [5.74, 6) is 1.77. The van der Waals surface area contributed by atoms with Gasteiger partial charge >= 0.3 is 6.09 Å². The molecular formula is C26H30N2O3. The van der Waals surface area contributed by atoms with Crippen LogP contribution in [0.2, 0.25) is 0 Å². The molecule has 162 valence electrons. The number of hydrogen-bond acceptors (Lipinski definition) is 3. The van der Waals surface area contributed by atoms with E-state index in [1.54, 1.807) is 26.7 Å². The van der Waals surface area contributed by atoms with E-state index in [0.717, 1.165) is 12.8 Å². The number of likely N-dealkylation sites (tertiary alicyclic amines) is 1. The van der Waals surface area contributed by atoms with Crippen LogP contribution in [0, 0.1) is 0 Å². The molecule has 0 N–H and O–H groups in total. The van der Waals surface area contributed by atoms with E-state index in [9.17, 15) is 9.59 Å². The number of aryl methyl sites for hydroxylation is 1. The van der Waals surface area contributed by atoms with Gasteiger partial charge < -0.3 is 9.30 Å². The topological polar surface area (TPSA) is 51.5 Å². The van der Waals surface area contributed by atoms with Crippen LogP contribution in [0.5, 0.6) is 0 Å². The smallest absolute Gasteiger partial charge is 0.415 e. The first-order valence-electron chi connectivity index (χ1n) is 10.6. The van der Waals surface area contributed by atoms with E-state index < -0.39 is 11.7 Å². The minimum atomic E-state index is -0.520. The number of hydrogen-bond donors (Lipinski definition) is 0. The average Bonchev–Trinajstić information content (AvgIpc) is 3.33. The van der Waals surface area contributed by atoms with Gasteiger partial charge in [0.05, 0.1) is 0 Å². The highest BCUT2D eigenvalue weighted by molar-refractivity contribution is 5.81. The van der Waals surface area contributed by atoms with Crippen LogP contribution in [0.25, 0.3) is 10.9 Å². The summed E-state index contributed by atoms with van der Waals surface area (Å²) in [5.41, 5.74) is 3.90.